The summed E-state index contributed by atoms with van der Waals surface area (Å²) in [6, 6.07) is 6.41. The van der Waals surface area contributed by atoms with Gasteiger partial charge in [-0.25, -0.2) is 9.67 Å². The molecule has 1 aliphatic carbocycles. The quantitative estimate of drug-likeness (QED) is 0.933. The molecule has 5 heteroatoms. The van der Waals surface area contributed by atoms with Crippen LogP contribution in [0.3, 0.4) is 0 Å². The van der Waals surface area contributed by atoms with Crippen LogP contribution < -0.4 is 5.32 Å². The fourth-order valence-electron chi connectivity index (χ4n) is 2.75. The number of halogens is 1. The molecule has 3 rings (SSSR count). The molecule has 1 N–H and O–H groups in total. The topological polar surface area (TPSA) is 42.7 Å². The summed E-state index contributed by atoms with van der Waals surface area (Å²) in [6.45, 7) is 2.30. The lowest BCUT2D eigenvalue weighted by molar-refractivity contribution is 0.602. The Hall–Kier alpha value is -1.55. The van der Waals surface area contributed by atoms with Crippen molar-refractivity contribution in [2.75, 3.05) is 5.32 Å². The van der Waals surface area contributed by atoms with E-state index in [1.165, 1.54) is 25.6 Å². The molecule has 0 bridgehead atoms. The van der Waals surface area contributed by atoms with E-state index in [9.17, 15) is 0 Å². The summed E-state index contributed by atoms with van der Waals surface area (Å²) in [7, 11) is 0. The summed E-state index contributed by atoms with van der Waals surface area (Å²) >= 11 is 6.31. The van der Waals surface area contributed by atoms with Crippen molar-refractivity contribution >= 4 is 17.3 Å². The minimum absolute atomic E-state index is 0.524. The average Bonchev–Trinajstić information content (AvgIpc) is 3.01. The minimum Gasteiger partial charge on any atom is -0.381 e. The first-order valence-corrected chi connectivity index (χ1v) is 7.02. The fraction of sp³-hybridized carbons (Fsp3) is 0.429. The van der Waals surface area contributed by atoms with Gasteiger partial charge in [0, 0.05) is 6.04 Å². The van der Waals surface area contributed by atoms with Gasteiger partial charge in [-0.2, -0.15) is 5.10 Å². The van der Waals surface area contributed by atoms with E-state index in [1.54, 1.807) is 11.0 Å². The lowest BCUT2D eigenvalue weighted by atomic mass is 10.1. The van der Waals surface area contributed by atoms with Crippen molar-refractivity contribution < 1.29 is 0 Å². The Labute approximate surface area is 117 Å². The molecule has 2 aromatic rings. The first-order valence-electron chi connectivity index (χ1n) is 6.64. The van der Waals surface area contributed by atoms with Crippen LogP contribution in [0.15, 0.2) is 30.9 Å². The molecule has 1 aromatic heterocycles. The third-order valence-electron chi connectivity index (χ3n) is 3.69. The van der Waals surface area contributed by atoms with Crippen molar-refractivity contribution in [2.24, 2.45) is 5.92 Å². The second kappa shape index (κ2) is 5.21. The van der Waals surface area contributed by atoms with E-state index in [4.69, 9.17) is 11.6 Å². The molecule has 0 aliphatic heterocycles. The summed E-state index contributed by atoms with van der Waals surface area (Å²) in [5, 5.41) is 8.46. The van der Waals surface area contributed by atoms with Gasteiger partial charge in [0.1, 0.15) is 18.3 Å². The molecule has 1 aliphatic rings. The Morgan fingerprint density at radius 2 is 2.26 bits per heavy atom. The number of aromatic nitrogens is 3. The van der Waals surface area contributed by atoms with Gasteiger partial charge in [0.05, 0.1) is 10.7 Å². The van der Waals surface area contributed by atoms with Gasteiger partial charge in [0.2, 0.25) is 0 Å². The normalized spacial score (nSPS) is 22.6. The van der Waals surface area contributed by atoms with Crippen LogP contribution in [0.25, 0.3) is 5.69 Å². The maximum Gasteiger partial charge on any atom is 0.138 e. The second-order valence-electron chi connectivity index (χ2n) is 5.24. The third kappa shape index (κ3) is 2.59. The molecular weight excluding hydrogens is 260 g/mol. The van der Waals surface area contributed by atoms with E-state index < -0.39 is 0 Å². The smallest absolute Gasteiger partial charge is 0.138 e. The molecule has 2 atom stereocenters. The van der Waals surface area contributed by atoms with Gasteiger partial charge < -0.3 is 5.32 Å². The predicted octanol–water partition coefficient (Wildman–Crippen LogP) is 3.52. The summed E-state index contributed by atoms with van der Waals surface area (Å²) in [4.78, 5) is 3.99. The highest BCUT2D eigenvalue weighted by Crippen LogP contribution is 2.32. The van der Waals surface area contributed by atoms with Gasteiger partial charge >= 0.3 is 0 Å². The monoisotopic (exact) mass is 276 g/mol. The van der Waals surface area contributed by atoms with E-state index in [0.29, 0.717) is 11.1 Å². The zero-order valence-electron chi connectivity index (χ0n) is 10.9. The lowest BCUT2D eigenvalue weighted by Gasteiger charge is -2.18. The third-order valence-corrected chi connectivity index (χ3v) is 3.99. The van der Waals surface area contributed by atoms with Gasteiger partial charge in [0.25, 0.3) is 0 Å². The Bertz CT molecular complexity index is 553. The number of para-hydroxylation sites is 1. The average molecular weight is 277 g/mol. The van der Waals surface area contributed by atoms with Crippen molar-refractivity contribution in [1.29, 1.82) is 0 Å². The second-order valence-corrected chi connectivity index (χ2v) is 5.64. The van der Waals surface area contributed by atoms with Crippen LogP contribution in [0.1, 0.15) is 26.2 Å². The molecule has 0 saturated heterocycles. The Morgan fingerprint density at radius 3 is 2.95 bits per heavy atom. The van der Waals surface area contributed by atoms with Gasteiger partial charge in [-0.15, -0.1) is 0 Å². The van der Waals surface area contributed by atoms with Crippen molar-refractivity contribution in [3.63, 3.8) is 0 Å². The van der Waals surface area contributed by atoms with Gasteiger partial charge in [-0.05, 0) is 37.3 Å². The minimum atomic E-state index is 0.524. The van der Waals surface area contributed by atoms with E-state index >= 15 is 0 Å². The van der Waals surface area contributed by atoms with E-state index in [1.807, 2.05) is 18.2 Å². The summed E-state index contributed by atoms with van der Waals surface area (Å²) in [5.74, 6) is 0.798. The van der Waals surface area contributed by atoms with Gasteiger partial charge in [0.15, 0.2) is 0 Å². The van der Waals surface area contributed by atoms with Crippen LogP contribution in [-0.4, -0.2) is 20.8 Å². The summed E-state index contributed by atoms with van der Waals surface area (Å²) in [5.41, 5.74) is 1.90. The molecule has 1 saturated carbocycles. The number of benzene rings is 1. The van der Waals surface area contributed by atoms with E-state index in [0.717, 1.165) is 17.3 Å². The number of hydrogen-bond donors (Lipinski definition) is 1. The lowest BCUT2D eigenvalue weighted by Crippen LogP contribution is -2.17. The van der Waals surface area contributed by atoms with Crippen molar-refractivity contribution in [2.45, 2.75) is 32.2 Å². The molecule has 19 heavy (non-hydrogen) atoms. The molecule has 0 spiro atoms. The first kappa shape index (κ1) is 12.5. The van der Waals surface area contributed by atoms with Crippen LogP contribution in [-0.2, 0) is 0 Å². The van der Waals surface area contributed by atoms with Crippen molar-refractivity contribution in [3.8, 4) is 5.69 Å². The van der Waals surface area contributed by atoms with Crippen molar-refractivity contribution in [1.82, 2.24) is 14.8 Å². The number of rotatable bonds is 3. The first-order chi connectivity index (χ1) is 9.24. The molecule has 2 unspecified atom stereocenters. The molecule has 1 heterocycles. The number of hydrogen-bond acceptors (Lipinski definition) is 3. The highest BCUT2D eigenvalue weighted by atomic mass is 35.5. The molecule has 0 amide bonds. The Kier molecular flexibility index (Phi) is 3.42. The van der Waals surface area contributed by atoms with Crippen LogP contribution in [0.4, 0.5) is 5.69 Å². The molecule has 1 fully saturated rings. The summed E-state index contributed by atoms with van der Waals surface area (Å²) in [6.07, 6.45) is 6.90. The van der Waals surface area contributed by atoms with E-state index in [2.05, 4.69) is 22.3 Å². The van der Waals surface area contributed by atoms with Crippen LogP contribution in [0.2, 0.25) is 5.02 Å². The SMILES string of the molecule is CC1CCC(Nc2cccc(Cl)c2-n2cncn2)C1. The molecule has 4 nitrogen and oxygen atoms in total. The molecule has 0 radical (unpaired) electrons. The summed E-state index contributed by atoms with van der Waals surface area (Å²) < 4.78 is 1.71. The standard InChI is InChI=1S/C14H17ClN4/c1-10-5-6-11(7-10)18-13-4-2-3-12(15)14(13)19-9-16-8-17-19/h2-4,8-11,18H,5-7H2,1H3. The zero-order valence-corrected chi connectivity index (χ0v) is 11.6. The highest BCUT2D eigenvalue weighted by molar-refractivity contribution is 6.33. The van der Waals surface area contributed by atoms with E-state index in [-0.39, 0.29) is 0 Å². The molecule has 1 aromatic carbocycles. The number of nitrogens with one attached hydrogen (secondary N) is 1. The number of nitrogens with zero attached hydrogens (tertiary/aromatic N) is 3. The largest absolute Gasteiger partial charge is 0.381 e. The predicted molar refractivity (Wildman–Crippen MR) is 76.8 cm³/mol. The van der Waals surface area contributed by atoms with Crippen LogP contribution in [0, 0.1) is 5.92 Å². The van der Waals surface area contributed by atoms with Gasteiger partial charge in [-0.3, -0.25) is 0 Å². The van der Waals surface area contributed by atoms with Gasteiger partial charge in [-0.1, -0.05) is 24.6 Å². The molecule has 100 valence electrons. The Morgan fingerprint density at radius 1 is 1.37 bits per heavy atom. The number of anilines is 1. The van der Waals surface area contributed by atoms with Crippen molar-refractivity contribution in [3.05, 3.63) is 35.9 Å². The Balaban J connectivity index is 1.91. The highest BCUT2D eigenvalue weighted by Gasteiger charge is 2.22. The van der Waals surface area contributed by atoms with Crippen LogP contribution >= 0.6 is 11.6 Å². The maximum absolute atomic E-state index is 6.31. The van der Waals surface area contributed by atoms with Crippen LogP contribution in [0.5, 0.6) is 0 Å². The zero-order chi connectivity index (χ0) is 13.2. The molecular formula is C14H17ClN4. The fourth-order valence-corrected chi connectivity index (χ4v) is 3.01. The maximum atomic E-state index is 6.31.